The number of aromatic nitrogens is 4. The van der Waals surface area contributed by atoms with Crippen molar-refractivity contribution >= 4 is 34.9 Å². The van der Waals surface area contributed by atoms with Gasteiger partial charge in [0.15, 0.2) is 17.0 Å². The number of aliphatic carboxylic acids is 2. The molecule has 2 aliphatic carbocycles. The van der Waals surface area contributed by atoms with Crippen LogP contribution in [0.15, 0.2) is 18.5 Å². The van der Waals surface area contributed by atoms with Crippen LogP contribution in [-0.2, 0) is 9.59 Å². The Morgan fingerprint density at radius 2 is 1.86 bits per heavy atom. The number of hydrogen-bond donors (Lipinski definition) is 5. The fraction of sp³-hybridized carbons (Fsp3) is 0.500. The van der Waals surface area contributed by atoms with Crippen LogP contribution in [0.3, 0.4) is 0 Å². The van der Waals surface area contributed by atoms with Gasteiger partial charge in [-0.25, -0.2) is 4.98 Å². The molecule has 0 saturated heterocycles. The number of aliphatic hydroxyl groups excluding tert-OH is 1. The number of carboxylic acids is 2. The van der Waals surface area contributed by atoms with Crippen LogP contribution in [0.1, 0.15) is 38.1 Å². The second-order valence-electron chi connectivity index (χ2n) is 7.09. The molecule has 1 saturated carbocycles. The average Bonchev–Trinajstić information content (AvgIpc) is 3.18. The molecule has 29 heavy (non-hydrogen) atoms. The third-order valence-electron chi connectivity index (χ3n) is 4.65. The topological polar surface area (TPSA) is 176 Å². The Morgan fingerprint density at radius 3 is 2.41 bits per heavy atom. The van der Waals surface area contributed by atoms with E-state index in [0.29, 0.717) is 6.04 Å². The lowest BCUT2D eigenvalue weighted by atomic mass is 10.1. The van der Waals surface area contributed by atoms with E-state index in [1.54, 1.807) is 6.33 Å². The van der Waals surface area contributed by atoms with Crippen molar-refractivity contribution in [3.8, 4) is 0 Å². The number of hydrogen-bond acceptors (Lipinski definition) is 8. The molecule has 2 unspecified atom stereocenters. The number of imidazole rings is 1. The summed E-state index contributed by atoms with van der Waals surface area (Å²) in [7, 11) is 0. The summed E-state index contributed by atoms with van der Waals surface area (Å²) in [5, 5.41) is 28.4. The van der Waals surface area contributed by atoms with Gasteiger partial charge in [0.1, 0.15) is 0 Å². The number of aliphatic hydroxyl groups is 1. The molecular weight excluding hydrogens is 380 g/mol. The van der Waals surface area contributed by atoms with Gasteiger partial charge < -0.3 is 30.9 Å². The van der Waals surface area contributed by atoms with Gasteiger partial charge >= 0.3 is 11.9 Å². The van der Waals surface area contributed by atoms with Gasteiger partial charge in [-0.05, 0) is 19.3 Å². The van der Waals surface area contributed by atoms with Crippen molar-refractivity contribution in [3.05, 3.63) is 18.5 Å². The lowest BCUT2D eigenvalue weighted by Crippen LogP contribution is -2.10. The van der Waals surface area contributed by atoms with Crippen LogP contribution < -0.4 is 11.1 Å². The van der Waals surface area contributed by atoms with Crippen molar-refractivity contribution in [3.63, 3.8) is 0 Å². The second-order valence-corrected chi connectivity index (χ2v) is 7.09. The lowest BCUT2D eigenvalue weighted by molar-refractivity contribution is -0.143. The summed E-state index contributed by atoms with van der Waals surface area (Å²) in [6.45, 7) is 0.172. The molecule has 2 aliphatic rings. The lowest BCUT2D eigenvalue weighted by Gasteiger charge is -2.13. The number of fused-ring (bicyclic) bond motifs is 1. The zero-order valence-electron chi connectivity index (χ0n) is 15.7. The highest BCUT2D eigenvalue weighted by molar-refractivity contribution is 5.84. The van der Waals surface area contributed by atoms with Crippen LogP contribution in [0.4, 0.5) is 11.8 Å². The highest BCUT2D eigenvalue weighted by atomic mass is 16.4. The average molecular weight is 404 g/mol. The van der Waals surface area contributed by atoms with Crippen LogP contribution in [0.2, 0.25) is 0 Å². The van der Waals surface area contributed by atoms with Gasteiger partial charge in [0, 0.05) is 18.6 Å². The molecule has 1 fully saturated rings. The number of carboxylic acid groups (broad SMARTS) is 2. The zero-order valence-corrected chi connectivity index (χ0v) is 15.7. The van der Waals surface area contributed by atoms with E-state index in [0.717, 1.165) is 36.2 Å². The molecule has 2 atom stereocenters. The van der Waals surface area contributed by atoms with E-state index in [4.69, 9.17) is 15.9 Å². The number of nitrogen functional groups attached to an aromatic ring is 1. The summed E-state index contributed by atoms with van der Waals surface area (Å²) < 4.78 is 2.01. The van der Waals surface area contributed by atoms with Crippen molar-refractivity contribution in [2.45, 2.75) is 44.2 Å². The van der Waals surface area contributed by atoms with Crippen LogP contribution in [0.25, 0.3) is 11.2 Å². The summed E-state index contributed by atoms with van der Waals surface area (Å²) >= 11 is 0. The summed E-state index contributed by atoms with van der Waals surface area (Å²) in [5.41, 5.74) is 7.35. The standard InChI is InChI=1S/C14H18N6O.C4H6O4/c15-14-18-12(17-9-2-3-9)11-13(19-14)20(7-16-11)10-4-1-8(5-10)6-21;5-3(6)1-2-4(7)8/h1,4,7-10,21H,2-3,5-6H2,(H3,15,17,18,19);1-2H2,(H,5,6)(H,7,8). The second kappa shape index (κ2) is 8.86. The minimum Gasteiger partial charge on any atom is -0.481 e. The Balaban J connectivity index is 0.000000258. The van der Waals surface area contributed by atoms with Crippen molar-refractivity contribution in [2.75, 3.05) is 17.7 Å². The Labute approximate surface area is 166 Å². The molecule has 4 rings (SSSR count). The largest absolute Gasteiger partial charge is 0.481 e. The molecule has 156 valence electrons. The van der Waals surface area contributed by atoms with Gasteiger partial charge in [-0.3, -0.25) is 9.59 Å². The third kappa shape index (κ3) is 5.41. The number of rotatable bonds is 7. The van der Waals surface area contributed by atoms with Crippen molar-refractivity contribution in [2.24, 2.45) is 5.92 Å². The maximum absolute atomic E-state index is 9.64. The van der Waals surface area contributed by atoms with Crippen molar-refractivity contribution < 1.29 is 24.9 Å². The number of allylic oxidation sites excluding steroid dienone is 1. The Kier molecular flexibility index (Phi) is 6.27. The third-order valence-corrected chi connectivity index (χ3v) is 4.65. The summed E-state index contributed by atoms with van der Waals surface area (Å²) in [5.74, 6) is -0.969. The van der Waals surface area contributed by atoms with Crippen LogP contribution in [0, 0.1) is 5.92 Å². The monoisotopic (exact) mass is 404 g/mol. The minimum atomic E-state index is -1.08. The smallest absolute Gasteiger partial charge is 0.303 e. The predicted octanol–water partition coefficient (Wildman–Crippen LogP) is 1.03. The van der Waals surface area contributed by atoms with Crippen LogP contribution >= 0.6 is 0 Å². The van der Waals surface area contributed by atoms with E-state index in [2.05, 4.69) is 26.3 Å². The van der Waals surface area contributed by atoms with E-state index < -0.39 is 11.9 Å². The maximum Gasteiger partial charge on any atom is 0.303 e. The summed E-state index contributed by atoms with van der Waals surface area (Å²) in [6.07, 6.45) is 8.51. The zero-order chi connectivity index (χ0) is 21.0. The predicted molar refractivity (Wildman–Crippen MR) is 104 cm³/mol. The molecule has 0 bridgehead atoms. The number of nitrogens with two attached hydrogens (primary N) is 1. The van der Waals surface area contributed by atoms with Crippen LogP contribution in [-0.4, -0.2) is 59.4 Å². The van der Waals surface area contributed by atoms with Crippen LogP contribution in [0.5, 0.6) is 0 Å². The van der Waals surface area contributed by atoms with Gasteiger partial charge in [0.2, 0.25) is 5.95 Å². The van der Waals surface area contributed by atoms with Crippen molar-refractivity contribution in [1.29, 1.82) is 0 Å². The first-order valence-corrected chi connectivity index (χ1v) is 9.36. The van der Waals surface area contributed by atoms with E-state index in [1.165, 1.54) is 0 Å². The maximum atomic E-state index is 9.64. The first-order valence-electron chi connectivity index (χ1n) is 9.36. The number of nitrogens with zero attached hydrogens (tertiary/aromatic N) is 4. The molecule has 0 spiro atoms. The first kappa shape index (κ1) is 20.5. The quantitative estimate of drug-likeness (QED) is 0.419. The fourth-order valence-electron chi connectivity index (χ4n) is 3.01. The molecule has 0 amide bonds. The molecular formula is C18H24N6O5. The van der Waals surface area contributed by atoms with E-state index >= 15 is 0 Å². The Hall–Kier alpha value is -3.21. The van der Waals surface area contributed by atoms with E-state index in [1.807, 2.05) is 10.6 Å². The summed E-state index contributed by atoms with van der Waals surface area (Å²) in [4.78, 5) is 32.4. The normalized spacial score (nSPS) is 20.3. The number of nitrogens with one attached hydrogen (secondary N) is 1. The molecule has 2 aromatic rings. The molecule has 6 N–H and O–H groups in total. The van der Waals surface area contributed by atoms with Gasteiger partial charge in [0.05, 0.1) is 25.2 Å². The molecule has 0 aliphatic heterocycles. The van der Waals surface area contributed by atoms with Gasteiger partial charge in [-0.2, -0.15) is 9.97 Å². The van der Waals surface area contributed by atoms with Gasteiger partial charge in [0.25, 0.3) is 0 Å². The van der Waals surface area contributed by atoms with E-state index in [-0.39, 0.29) is 37.4 Å². The van der Waals surface area contributed by atoms with Gasteiger partial charge in [-0.1, -0.05) is 12.2 Å². The molecule has 0 radical (unpaired) electrons. The van der Waals surface area contributed by atoms with Crippen molar-refractivity contribution in [1.82, 2.24) is 19.5 Å². The number of carbonyl (C=O) groups is 2. The molecule has 2 aromatic heterocycles. The molecule has 0 aromatic carbocycles. The molecule has 11 heteroatoms. The number of anilines is 2. The SMILES string of the molecule is Nc1nc(NC2CC2)c2ncn(C3C=CC(CO)C3)c2n1.O=C(O)CCC(=O)O. The highest BCUT2D eigenvalue weighted by Crippen LogP contribution is 2.32. The summed E-state index contributed by atoms with van der Waals surface area (Å²) in [6, 6.07) is 0.646. The van der Waals surface area contributed by atoms with Gasteiger partial charge in [-0.15, -0.1) is 0 Å². The Morgan fingerprint density at radius 1 is 1.17 bits per heavy atom. The molecule has 2 heterocycles. The Bertz CT molecular complexity index is 909. The minimum absolute atomic E-state index is 0.162. The molecule has 11 nitrogen and oxygen atoms in total. The fourth-order valence-corrected chi connectivity index (χ4v) is 3.01. The highest BCUT2D eigenvalue weighted by Gasteiger charge is 2.26. The first-order chi connectivity index (χ1) is 13.9. The van der Waals surface area contributed by atoms with E-state index in [9.17, 15) is 14.7 Å².